The largest absolute Gasteiger partial charge is 0.481 e. The lowest BCUT2D eigenvalue weighted by molar-refractivity contribution is -0.142. The van der Waals surface area contributed by atoms with Gasteiger partial charge in [0.2, 0.25) is 11.9 Å². The first-order valence-corrected chi connectivity index (χ1v) is 9.79. The molecule has 0 radical (unpaired) electrons. The van der Waals surface area contributed by atoms with E-state index < -0.39 is 11.9 Å². The molecule has 7 nitrogen and oxygen atoms in total. The quantitative estimate of drug-likeness (QED) is 0.683. The third-order valence-electron chi connectivity index (χ3n) is 5.45. The van der Waals surface area contributed by atoms with Gasteiger partial charge in [-0.15, -0.1) is 0 Å². The lowest BCUT2D eigenvalue weighted by atomic mass is 9.97. The Hall–Kier alpha value is -3.06. The van der Waals surface area contributed by atoms with E-state index in [1.165, 1.54) is 0 Å². The molecule has 0 aliphatic carbocycles. The van der Waals surface area contributed by atoms with Crippen molar-refractivity contribution in [2.24, 2.45) is 11.7 Å². The van der Waals surface area contributed by atoms with Gasteiger partial charge in [0.1, 0.15) is 0 Å². The third-order valence-corrected chi connectivity index (χ3v) is 5.86. The average Bonchev–Trinajstić information content (AvgIpc) is 3.06. The van der Waals surface area contributed by atoms with Crippen LogP contribution in [0.25, 0.3) is 16.7 Å². The molecule has 1 amide bonds. The van der Waals surface area contributed by atoms with Crippen LogP contribution in [0.3, 0.4) is 0 Å². The van der Waals surface area contributed by atoms with Gasteiger partial charge in [-0.3, -0.25) is 14.2 Å². The minimum absolute atomic E-state index is 0.324. The molecule has 4 rings (SSSR count). The normalized spacial score (nSPS) is 15.0. The second-order valence-electron chi connectivity index (χ2n) is 7.35. The number of rotatable bonds is 4. The first kappa shape index (κ1) is 19.3. The Labute approximate surface area is 172 Å². The zero-order valence-electron chi connectivity index (χ0n) is 15.9. The van der Waals surface area contributed by atoms with Gasteiger partial charge in [-0.2, -0.15) is 0 Å². The van der Waals surface area contributed by atoms with Gasteiger partial charge in [-0.1, -0.05) is 11.6 Å². The number of aryl methyl sites for hydroxylation is 1. The molecule has 2 heterocycles. The van der Waals surface area contributed by atoms with Crippen molar-refractivity contribution in [1.82, 2.24) is 9.55 Å². The predicted octanol–water partition coefficient (Wildman–Crippen LogP) is 3.39. The van der Waals surface area contributed by atoms with E-state index in [-0.39, 0.29) is 5.92 Å². The molecule has 3 N–H and O–H groups in total. The van der Waals surface area contributed by atoms with E-state index >= 15 is 0 Å². The number of carbonyl (C=O) groups is 2. The topological polar surface area (TPSA) is 101 Å². The number of benzene rings is 2. The number of primary amides is 1. The number of nitrogens with zero attached hydrogens (tertiary/aromatic N) is 3. The predicted molar refractivity (Wildman–Crippen MR) is 112 cm³/mol. The summed E-state index contributed by atoms with van der Waals surface area (Å²) < 4.78 is 1.99. The summed E-state index contributed by atoms with van der Waals surface area (Å²) in [4.78, 5) is 29.7. The van der Waals surface area contributed by atoms with Crippen LogP contribution < -0.4 is 10.6 Å². The maximum atomic E-state index is 11.4. The third kappa shape index (κ3) is 3.53. The summed E-state index contributed by atoms with van der Waals surface area (Å²) >= 11 is 6.38. The highest BCUT2D eigenvalue weighted by Gasteiger charge is 2.28. The van der Waals surface area contributed by atoms with Gasteiger partial charge in [0, 0.05) is 29.4 Å². The number of aliphatic carboxylic acids is 1. The van der Waals surface area contributed by atoms with Gasteiger partial charge in [0.15, 0.2) is 0 Å². The first-order chi connectivity index (χ1) is 13.8. The Bertz CT molecular complexity index is 1100. The van der Waals surface area contributed by atoms with Crippen molar-refractivity contribution in [1.29, 1.82) is 0 Å². The van der Waals surface area contributed by atoms with Crippen LogP contribution in [-0.4, -0.2) is 39.6 Å². The van der Waals surface area contributed by atoms with E-state index in [1.807, 2.05) is 35.8 Å². The summed E-state index contributed by atoms with van der Waals surface area (Å²) in [7, 11) is 0. The second kappa shape index (κ2) is 7.40. The number of hydrogen-bond donors (Lipinski definition) is 2. The van der Waals surface area contributed by atoms with E-state index in [0.717, 1.165) is 28.2 Å². The molecule has 2 aromatic carbocycles. The van der Waals surface area contributed by atoms with Gasteiger partial charge in [-0.25, -0.2) is 4.98 Å². The molecule has 150 valence electrons. The highest BCUT2D eigenvalue weighted by Crippen LogP contribution is 2.32. The second-order valence-corrected chi connectivity index (χ2v) is 7.76. The maximum absolute atomic E-state index is 11.4. The fourth-order valence-electron chi connectivity index (χ4n) is 3.76. The maximum Gasteiger partial charge on any atom is 0.306 e. The molecule has 1 aliphatic heterocycles. The molecule has 0 saturated carbocycles. The fraction of sp³-hybridized carbons (Fsp3) is 0.286. The van der Waals surface area contributed by atoms with Crippen molar-refractivity contribution in [3.63, 3.8) is 0 Å². The summed E-state index contributed by atoms with van der Waals surface area (Å²) in [6.07, 6.45) is 1.14. The molecule has 29 heavy (non-hydrogen) atoms. The molecule has 1 fully saturated rings. The molecule has 0 bridgehead atoms. The number of fused-ring (bicyclic) bond motifs is 1. The Morgan fingerprint density at radius 2 is 1.83 bits per heavy atom. The number of halogens is 1. The van der Waals surface area contributed by atoms with Gasteiger partial charge in [-0.05, 0) is 61.7 Å². The zero-order chi connectivity index (χ0) is 20.7. The van der Waals surface area contributed by atoms with Crippen LogP contribution in [0.15, 0.2) is 36.4 Å². The number of carboxylic acids is 1. The summed E-state index contributed by atoms with van der Waals surface area (Å²) in [6, 6.07) is 10.8. The Kier molecular flexibility index (Phi) is 4.92. The van der Waals surface area contributed by atoms with Crippen molar-refractivity contribution < 1.29 is 14.7 Å². The SMILES string of the molecule is Cc1cc2nc(N3CCC(C(=O)O)CC3)n(-c3ccc(C(N)=O)cc3)c2cc1Cl. The van der Waals surface area contributed by atoms with Crippen molar-refractivity contribution >= 4 is 40.5 Å². The van der Waals surface area contributed by atoms with Crippen LogP contribution in [0.1, 0.15) is 28.8 Å². The Morgan fingerprint density at radius 3 is 2.41 bits per heavy atom. The van der Waals surface area contributed by atoms with Crippen LogP contribution in [-0.2, 0) is 4.79 Å². The van der Waals surface area contributed by atoms with Gasteiger partial charge in [0.05, 0.1) is 17.0 Å². The van der Waals surface area contributed by atoms with E-state index in [2.05, 4.69) is 4.90 Å². The number of amides is 1. The van der Waals surface area contributed by atoms with Crippen LogP contribution in [0, 0.1) is 12.8 Å². The Morgan fingerprint density at radius 1 is 1.17 bits per heavy atom. The van der Waals surface area contributed by atoms with Crippen molar-refractivity contribution in [3.8, 4) is 5.69 Å². The molecule has 0 unspecified atom stereocenters. The van der Waals surface area contributed by atoms with Gasteiger partial charge >= 0.3 is 5.97 Å². The van der Waals surface area contributed by atoms with Crippen LogP contribution in [0.4, 0.5) is 5.95 Å². The van der Waals surface area contributed by atoms with Crippen LogP contribution in [0.2, 0.25) is 5.02 Å². The number of aromatic nitrogens is 2. The molecule has 1 aromatic heterocycles. The van der Waals surface area contributed by atoms with E-state index in [0.29, 0.717) is 36.5 Å². The molecule has 1 aliphatic rings. The molecule has 8 heteroatoms. The highest BCUT2D eigenvalue weighted by atomic mass is 35.5. The van der Waals surface area contributed by atoms with Crippen LogP contribution >= 0.6 is 11.6 Å². The summed E-state index contributed by atoms with van der Waals surface area (Å²) in [5.74, 6) is -0.822. The van der Waals surface area contributed by atoms with Crippen molar-refractivity contribution in [3.05, 3.63) is 52.5 Å². The first-order valence-electron chi connectivity index (χ1n) is 9.41. The molecular formula is C21H21ClN4O3. The standard InChI is InChI=1S/C21H21ClN4O3/c1-12-10-17-18(11-16(12)22)26(15-4-2-13(3-5-15)19(23)27)21(24-17)25-8-6-14(7-9-25)20(28)29/h2-5,10-11,14H,6-9H2,1H3,(H2,23,27)(H,28,29). The van der Waals surface area contributed by atoms with Gasteiger partial charge < -0.3 is 15.7 Å². The number of imidazole rings is 1. The number of piperidine rings is 1. The zero-order valence-corrected chi connectivity index (χ0v) is 16.7. The number of carboxylic acid groups (broad SMARTS) is 1. The number of anilines is 1. The van der Waals surface area contributed by atoms with Crippen molar-refractivity contribution in [2.75, 3.05) is 18.0 Å². The average molecular weight is 413 g/mol. The lowest BCUT2D eigenvalue weighted by Crippen LogP contribution is -2.37. The number of carbonyl (C=O) groups excluding carboxylic acids is 1. The van der Waals surface area contributed by atoms with Crippen molar-refractivity contribution in [2.45, 2.75) is 19.8 Å². The van der Waals surface area contributed by atoms with Gasteiger partial charge in [0.25, 0.3) is 0 Å². The van der Waals surface area contributed by atoms with E-state index in [1.54, 1.807) is 12.1 Å². The van der Waals surface area contributed by atoms with E-state index in [9.17, 15) is 14.7 Å². The molecular weight excluding hydrogens is 392 g/mol. The van der Waals surface area contributed by atoms with Crippen LogP contribution in [0.5, 0.6) is 0 Å². The van der Waals surface area contributed by atoms with E-state index in [4.69, 9.17) is 22.3 Å². The summed E-state index contributed by atoms with van der Waals surface area (Å²) in [5.41, 5.74) is 9.21. The number of hydrogen-bond acceptors (Lipinski definition) is 4. The summed E-state index contributed by atoms with van der Waals surface area (Å²) in [5, 5.41) is 9.92. The molecule has 0 atom stereocenters. The fourth-order valence-corrected chi connectivity index (χ4v) is 3.92. The highest BCUT2D eigenvalue weighted by molar-refractivity contribution is 6.32. The smallest absolute Gasteiger partial charge is 0.306 e. The minimum atomic E-state index is -0.748. The molecule has 3 aromatic rings. The summed E-state index contributed by atoms with van der Waals surface area (Å²) in [6.45, 7) is 3.14. The lowest BCUT2D eigenvalue weighted by Gasteiger charge is -2.31. The molecule has 1 saturated heterocycles. The minimum Gasteiger partial charge on any atom is -0.481 e. The monoisotopic (exact) mass is 412 g/mol. The Balaban J connectivity index is 1.82. The number of nitrogens with two attached hydrogens (primary N) is 1. The molecule has 0 spiro atoms.